The van der Waals surface area contributed by atoms with Crippen molar-refractivity contribution in [2.24, 2.45) is 5.92 Å². The summed E-state index contributed by atoms with van der Waals surface area (Å²) in [5, 5.41) is 2.25. The van der Waals surface area contributed by atoms with Crippen LogP contribution in [0.3, 0.4) is 0 Å². The van der Waals surface area contributed by atoms with Crippen molar-refractivity contribution in [2.45, 2.75) is 13.8 Å². The number of halogens is 1. The van der Waals surface area contributed by atoms with E-state index < -0.39 is 12.8 Å². The van der Waals surface area contributed by atoms with Crippen LogP contribution in [-0.4, -0.2) is 25.9 Å². The number of hydrogen-bond acceptors (Lipinski definition) is 2. The van der Waals surface area contributed by atoms with Crippen LogP contribution in [-0.2, 0) is 4.74 Å². The van der Waals surface area contributed by atoms with Gasteiger partial charge in [0.2, 0.25) is 0 Å². The number of carbonyl (C=O) groups excluding carboxylic acids is 1. The monoisotopic (exact) mass is 163 g/mol. The maximum Gasteiger partial charge on any atom is 0.407 e. The molecule has 0 aliphatic rings. The maximum atomic E-state index is 11.5. The molecule has 0 saturated carbocycles. The summed E-state index contributed by atoms with van der Waals surface area (Å²) in [6, 6.07) is 0. The lowest BCUT2D eigenvalue weighted by Gasteiger charge is -2.06. The Morgan fingerprint density at radius 1 is 1.64 bits per heavy atom. The van der Waals surface area contributed by atoms with Gasteiger partial charge in [-0.3, -0.25) is 0 Å². The molecule has 0 bridgehead atoms. The second-order valence-electron chi connectivity index (χ2n) is 2.61. The van der Waals surface area contributed by atoms with Gasteiger partial charge < -0.3 is 10.1 Å². The molecule has 1 amide bonds. The number of rotatable bonds is 4. The summed E-state index contributed by atoms with van der Waals surface area (Å²) < 4.78 is 16.2. The van der Waals surface area contributed by atoms with Gasteiger partial charge in [0.05, 0.1) is 6.61 Å². The lowest BCUT2D eigenvalue weighted by atomic mass is 10.2. The average molecular weight is 163 g/mol. The molecule has 0 aromatic heterocycles. The normalized spacial score (nSPS) is 9.82. The van der Waals surface area contributed by atoms with E-state index >= 15 is 0 Å². The average Bonchev–Trinajstić information content (AvgIpc) is 1.97. The number of alkyl carbamates (subject to hydrolysis) is 1. The van der Waals surface area contributed by atoms with Crippen molar-refractivity contribution in [1.29, 1.82) is 0 Å². The van der Waals surface area contributed by atoms with Gasteiger partial charge in [0.1, 0.15) is 6.67 Å². The van der Waals surface area contributed by atoms with Crippen LogP contribution in [0.4, 0.5) is 9.18 Å². The number of amides is 1. The van der Waals surface area contributed by atoms with Crippen molar-refractivity contribution in [3.8, 4) is 0 Å². The van der Waals surface area contributed by atoms with Crippen molar-refractivity contribution in [1.82, 2.24) is 5.32 Å². The molecule has 0 aliphatic carbocycles. The van der Waals surface area contributed by atoms with E-state index in [1.165, 1.54) is 0 Å². The first-order valence-electron chi connectivity index (χ1n) is 3.63. The van der Waals surface area contributed by atoms with Crippen molar-refractivity contribution in [2.75, 3.05) is 19.8 Å². The number of alkyl halides is 1. The molecule has 0 radical (unpaired) electrons. The van der Waals surface area contributed by atoms with Gasteiger partial charge in [-0.2, -0.15) is 0 Å². The number of hydrogen-bond donors (Lipinski definition) is 1. The minimum atomic E-state index is -0.559. The largest absolute Gasteiger partial charge is 0.449 e. The summed E-state index contributed by atoms with van der Waals surface area (Å²) in [6.07, 6.45) is -0.545. The molecule has 0 aromatic carbocycles. The third kappa shape index (κ3) is 7.09. The zero-order valence-corrected chi connectivity index (χ0v) is 6.89. The van der Waals surface area contributed by atoms with Gasteiger partial charge in [-0.1, -0.05) is 13.8 Å². The lowest BCUT2D eigenvalue weighted by molar-refractivity contribution is 0.132. The van der Waals surface area contributed by atoms with Crippen molar-refractivity contribution in [3.05, 3.63) is 0 Å². The van der Waals surface area contributed by atoms with E-state index in [9.17, 15) is 9.18 Å². The molecule has 0 saturated heterocycles. The van der Waals surface area contributed by atoms with Gasteiger partial charge in [0.15, 0.2) is 0 Å². The molecule has 0 aliphatic heterocycles. The molecular weight excluding hydrogens is 149 g/mol. The Bertz CT molecular complexity index is 117. The number of nitrogens with one attached hydrogen (secondary N) is 1. The summed E-state index contributed by atoms with van der Waals surface area (Å²) in [7, 11) is 0. The molecule has 0 aromatic rings. The Morgan fingerprint density at radius 3 is 2.73 bits per heavy atom. The first kappa shape index (κ1) is 10.2. The van der Waals surface area contributed by atoms with Crippen molar-refractivity contribution in [3.63, 3.8) is 0 Å². The Kier molecular flexibility index (Phi) is 5.51. The lowest BCUT2D eigenvalue weighted by Crippen LogP contribution is -2.27. The Labute approximate surface area is 65.9 Å². The van der Waals surface area contributed by atoms with E-state index in [0.29, 0.717) is 12.5 Å². The van der Waals surface area contributed by atoms with Crippen LogP contribution in [0.5, 0.6) is 0 Å². The van der Waals surface area contributed by atoms with Crippen molar-refractivity contribution >= 4 is 6.09 Å². The van der Waals surface area contributed by atoms with Gasteiger partial charge in [-0.25, -0.2) is 9.18 Å². The zero-order valence-electron chi connectivity index (χ0n) is 6.89. The predicted octanol–water partition coefficient (Wildman–Crippen LogP) is 1.34. The summed E-state index contributed by atoms with van der Waals surface area (Å²) in [5.74, 6) is 0.311. The zero-order chi connectivity index (χ0) is 8.69. The van der Waals surface area contributed by atoms with Gasteiger partial charge in [-0.05, 0) is 5.92 Å². The van der Waals surface area contributed by atoms with E-state index in [0.717, 1.165) is 0 Å². The summed E-state index contributed by atoms with van der Waals surface area (Å²) in [4.78, 5) is 10.6. The number of carbonyl (C=O) groups is 1. The van der Waals surface area contributed by atoms with Gasteiger partial charge in [-0.15, -0.1) is 0 Å². The summed E-state index contributed by atoms with van der Waals surface area (Å²) >= 11 is 0. The van der Waals surface area contributed by atoms with Gasteiger partial charge in [0, 0.05) is 6.54 Å². The molecule has 0 rings (SSSR count). The fourth-order valence-electron chi connectivity index (χ4n) is 0.443. The van der Waals surface area contributed by atoms with Crippen molar-refractivity contribution < 1.29 is 13.9 Å². The summed E-state index contributed by atoms with van der Waals surface area (Å²) in [5.41, 5.74) is 0. The topological polar surface area (TPSA) is 38.3 Å². The molecule has 4 heteroatoms. The second kappa shape index (κ2) is 5.95. The molecule has 1 N–H and O–H groups in total. The standard InChI is InChI=1S/C7H14FNO2/c1-6(2)5-11-7(10)9-4-3-8/h6H,3-5H2,1-2H3,(H,9,10). The first-order valence-corrected chi connectivity index (χ1v) is 3.63. The van der Waals surface area contributed by atoms with Crippen LogP contribution in [0, 0.1) is 5.92 Å². The number of ether oxygens (including phenoxy) is 1. The molecule has 0 heterocycles. The molecule has 0 atom stereocenters. The van der Waals surface area contributed by atoms with Gasteiger partial charge >= 0.3 is 6.09 Å². The van der Waals surface area contributed by atoms with Crippen LogP contribution in [0.2, 0.25) is 0 Å². The third-order valence-electron chi connectivity index (χ3n) is 0.912. The predicted molar refractivity (Wildman–Crippen MR) is 40.2 cm³/mol. The molecule has 11 heavy (non-hydrogen) atoms. The van der Waals surface area contributed by atoms with Crippen LogP contribution in [0.25, 0.3) is 0 Å². The maximum absolute atomic E-state index is 11.5. The Balaban J connectivity index is 3.23. The minimum absolute atomic E-state index is 0.0247. The third-order valence-corrected chi connectivity index (χ3v) is 0.912. The van der Waals surface area contributed by atoms with E-state index in [2.05, 4.69) is 10.1 Å². The Morgan fingerprint density at radius 2 is 2.27 bits per heavy atom. The SMILES string of the molecule is CC(C)COC(=O)NCCF. The van der Waals surface area contributed by atoms with E-state index in [-0.39, 0.29) is 6.54 Å². The van der Waals surface area contributed by atoms with Gasteiger partial charge in [0.25, 0.3) is 0 Å². The molecule has 66 valence electrons. The van der Waals surface area contributed by atoms with E-state index in [1.54, 1.807) is 0 Å². The highest BCUT2D eigenvalue weighted by atomic mass is 19.1. The van der Waals surface area contributed by atoms with Crippen LogP contribution >= 0.6 is 0 Å². The van der Waals surface area contributed by atoms with Crippen LogP contribution in [0.1, 0.15) is 13.8 Å². The fourth-order valence-corrected chi connectivity index (χ4v) is 0.443. The smallest absolute Gasteiger partial charge is 0.407 e. The fraction of sp³-hybridized carbons (Fsp3) is 0.857. The Hall–Kier alpha value is -0.800. The minimum Gasteiger partial charge on any atom is -0.449 e. The van der Waals surface area contributed by atoms with Crippen LogP contribution in [0.15, 0.2) is 0 Å². The summed E-state index contributed by atoms with van der Waals surface area (Å²) in [6.45, 7) is 3.71. The molecular formula is C7H14FNO2. The highest BCUT2D eigenvalue weighted by Crippen LogP contribution is 1.91. The second-order valence-corrected chi connectivity index (χ2v) is 2.61. The molecule has 0 spiro atoms. The first-order chi connectivity index (χ1) is 5.16. The molecule has 3 nitrogen and oxygen atoms in total. The quantitative estimate of drug-likeness (QED) is 0.679. The van der Waals surface area contributed by atoms with E-state index in [4.69, 9.17) is 0 Å². The molecule has 0 fully saturated rings. The van der Waals surface area contributed by atoms with E-state index in [1.807, 2.05) is 13.8 Å². The highest BCUT2D eigenvalue weighted by Gasteiger charge is 2.01. The molecule has 0 unspecified atom stereocenters. The highest BCUT2D eigenvalue weighted by molar-refractivity contribution is 5.66. The van der Waals surface area contributed by atoms with Crippen LogP contribution < -0.4 is 5.32 Å².